The molecular weight excluding hydrogens is 270 g/mol. The molecule has 1 aromatic carbocycles. The normalized spacial score (nSPS) is 19.4. The maximum absolute atomic E-state index is 11.2. The molecule has 4 heteroatoms. The van der Waals surface area contributed by atoms with Crippen LogP contribution in [0.25, 0.3) is 0 Å². The topological polar surface area (TPSA) is 38.3 Å². The van der Waals surface area contributed by atoms with E-state index in [0.717, 1.165) is 23.8 Å². The lowest BCUT2D eigenvalue weighted by atomic mass is 10.0. The maximum atomic E-state index is 11.2. The van der Waals surface area contributed by atoms with E-state index in [9.17, 15) is 4.21 Å². The fourth-order valence-corrected chi connectivity index (χ4v) is 3.16. The van der Waals surface area contributed by atoms with Gasteiger partial charge >= 0.3 is 0 Å². The minimum Gasteiger partial charge on any atom is -0.497 e. The first-order valence-corrected chi connectivity index (χ1v) is 9.03. The first-order valence-electron chi connectivity index (χ1n) is 7.30. The van der Waals surface area contributed by atoms with Crippen molar-refractivity contribution < 1.29 is 8.95 Å². The molecule has 1 aromatic rings. The molecule has 1 N–H and O–H groups in total. The van der Waals surface area contributed by atoms with Gasteiger partial charge in [0.1, 0.15) is 5.75 Å². The Balaban J connectivity index is 1.97. The lowest BCUT2D eigenvalue weighted by Gasteiger charge is -2.24. The van der Waals surface area contributed by atoms with E-state index in [1.807, 2.05) is 12.1 Å². The summed E-state index contributed by atoms with van der Waals surface area (Å²) < 4.78 is 16.4. The Bertz CT molecular complexity index is 442. The summed E-state index contributed by atoms with van der Waals surface area (Å²) in [5.41, 5.74) is 1.33. The average molecular weight is 295 g/mol. The minimum absolute atomic E-state index is 0.395. The molecular formula is C16H25NO2S. The van der Waals surface area contributed by atoms with Gasteiger partial charge in [0.2, 0.25) is 0 Å². The molecule has 0 radical (unpaired) electrons. The molecule has 20 heavy (non-hydrogen) atoms. The van der Waals surface area contributed by atoms with Gasteiger partial charge in [0.05, 0.1) is 7.11 Å². The van der Waals surface area contributed by atoms with Crippen LogP contribution in [0.1, 0.15) is 37.8 Å². The van der Waals surface area contributed by atoms with E-state index in [0.29, 0.717) is 12.1 Å². The van der Waals surface area contributed by atoms with Gasteiger partial charge in [-0.25, -0.2) is 0 Å². The summed E-state index contributed by atoms with van der Waals surface area (Å²) in [6, 6.07) is 9.17. The van der Waals surface area contributed by atoms with Crippen LogP contribution in [0.5, 0.6) is 5.75 Å². The fraction of sp³-hybridized carbons (Fsp3) is 0.625. The smallest absolute Gasteiger partial charge is 0.118 e. The summed E-state index contributed by atoms with van der Waals surface area (Å²) in [7, 11) is 0.992. The molecule has 3 nitrogen and oxygen atoms in total. The summed E-state index contributed by atoms with van der Waals surface area (Å²) in [4.78, 5) is 0. The molecule has 112 valence electrons. The second-order valence-corrected chi connectivity index (χ2v) is 7.28. The van der Waals surface area contributed by atoms with Gasteiger partial charge < -0.3 is 10.1 Å². The van der Waals surface area contributed by atoms with Gasteiger partial charge in [-0.05, 0) is 49.8 Å². The van der Waals surface area contributed by atoms with E-state index in [2.05, 4.69) is 24.4 Å². The minimum atomic E-state index is -0.701. The SMILES string of the molecule is COc1ccc(C(NC(C)CCS(C)=O)C2CC2)cc1. The van der Waals surface area contributed by atoms with Crippen LogP contribution in [0.2, 0.25) is 0 Å². The highest BCUT2D eigenvalue weighted by Gasteiger charge is 2.32. The van der Waals surface area contributed by atoms with Crippen LogP contribution in [0.15, 0.2) is 24.3 Å². The first kappa shape index (κ1) is 15.5. The van der Waals surface area contributed by atoms with Crippen LogP contribution in [-0.2, 0) is 10.8 Å². The van der Waals surface area contributed by atoms with Crippen molar-refractivity contribution in [3.63, 3.8) is 0 Å². The van der Waals surface area contributed by atoms with Crippen molar-refractivity contribution in [3.05, 3.63) is 29.8 Å². The van der Waals surface area contributed by atoms with E-state index < -0.39 is 10.8 Å². The Labute approximate surface area is 124 Å². The van der Waals surface area contributed by atoms with E-state index in [1.165, 1.54) is 18.4 Å². The Kier molecular flexibility index (Phi) is 5.61. The molecule has 1 saturated carbocycles. The summed E-state index contributed by atoms with van der Waals surface area (Å²) in [6.45, 7) is 2.19. The van der Waals surface area contributed by atoms with Gasteiger partial charge in [-0.3, -0.25) is 4.21 Å². The van der Waals surface area contributed by atoms with Crippen molar-refractivity contribution in [3.8, 4) is 5.75 Å². The van der Waals surface area contributed by atoms with Crippen LogP contribution < -0.4 is 10.1 Å². The second-order valence-electron chi connectivity index (χ2n) is 5.72. The molecule has 1 aliphatic carbocycles. The molecule has 0 amide bonds. The van der Waals surface area contributed by atoms with Crippen molar-refractivity contribution in [1.82, 2.24) is 5.32 Å². The zero-order chi connectivity index (χ0) is 14.5. The van der Waals surface area contributed by atoms with E-state index in [1.54, 1.807) is 13.4 Å². The quantitative estimate of drug-likeness (QED) is 0.801. The van der Waals surface area contributed by atoms with Gasteiger partial charge in [0, 0.05) is 34.9 Å². The average Bonchev–Trinajstić information content (AvgIpc) is 3.27. The number of hydrogen-bond donors (Lipinski definition) is 1. The largest absolute Gasteiger partial charge is 0.497 e. The lowest BCUT2D eigenvalue weighted by molar-refractivity contribution is 0.406. The monoisotopic (exact) mass is 295 g/mol. The molecule has 0 aliphatic heterocycles. The van der Waals surface area contributed by atoms with E-state index >= 15 is 0 Å². The van der Waals surface area contributed by atoms with Crippen molar-refractivity contribution in [2.45, 2.75) is 38.3 Å². The summed E-state index contributed by atoms with van der Waals surface area (Å²) >= 11 is 0. The highest BCUT2D eigenvalue weighted by molar-refractivity contribution is 7.84. The van der Waals surface area contributed by atoms with Crippen LogP contribution >= 0.6 is 0 Å². The molecule has 2 rings (SSSR count). The van der Waals surface area contributed by atoms with Crippen molar-refractivity contribution in [1.29, 1.82) is 0 Å². The zero-order valence-electron chi connectivity index (χ0n) is 12.6. The third-order valence-corrected chi connectivity index (χ3v) is 4.68. The molecule has 1 aliphatic rings. The fourth-order valence-electron chi connectivity index (χ4n) is 2.48. The van der Waals surface area contributed by atoms with Crippen LogP contribution in [0.4, 0.5) is 0 Å². The molecule has 1 fully saturated rings. The van der Waals surface area contributed by atoms with Crippen LogP contribution in [0.3, 0.4) is 0 Å². The van der Waals surface area contributed by atoms with Gasteiger partial charge in [0.25, 0.3) is 0 Å². The predicted octanol–water partition coefficient (Wildman–Crippen LogP) is 2.89. The number of methoxy groups -OCH3 is 1. The van der Waals surface area contributed by atoms with Crippen molar-refractivity contribution >= 4 is 10.8 Å². The van der Waals surface area contributed by atoms with E-state index in [-0.39, 0.29) is 0 Å². The Morgan fingerprint density at radius 3 is 2.50 bits per heavy atom. The number of ether oxygens (including phenoxy) is 1. The lowest BCUT2D eigenvalue weighted by Crippen LogP contribution is -2.32. The Morgan fingerprint density at radius 2 is 2.00 bits per heavy atom. The number of nitrogens with one attached hydrogen (secondary N) is 1. The number of benzene rings is 1. The molecule has 0 bridgehead atoms. The molecule has 0 spiro atoms. The van der Waals surface area contributed by atoms with Gasteiger partial charge in [0.15, 0.2) is 0 Å². The third kappa shape index (κ3) is 4.60. The molecule has 0 heterocycles. The summed E-state index contributed by atoms with van der Waals surface area (Å²) in [6.07, 6.45) is 5.34. The summed E-state index contributed by atoms with van der Waals surface area (Å²) in [5, 5.41) is 3.71. The molecule has 0 saturated heterocycles. The molecule has 3 atom stereocenters. The molecule has 0 aromatic heterocycles. The second kappa shape index (κ2) is 7.23. The van der Waals surface area contributed by atoms with Gasteiger partial charge in [-0.2, -0.15) is 0 Å². The summed E-state index contributed by atoms with van der Waals surface area (Å²) in [5.74, 6) is 2.42. The highest BCUT2D eigenvalue weighted by atomic mass is 32.2. The van der Waals surface area contributed by atoms with Crippen molar-refractivity contribution in [2.75, 3.05) is 19.1 Å². The van der Waals surface area contributed by atoms with Crippen LogP contribution in [-0.4, -0.2) is 29.4 Å². The van der Waals surface area contributed by atoms with Gasteiger partial charge in [-0.1, -0.05) is 12.1 Å². The number of rotatable bonds is 8. The standard InChI is InChI=1S/C16H25NO2S/c1-12(10-11-20(3)18)17-16(13-4-5-13)14-6-8-15(19-2)9-7-14/h6-9,12-13,16-17H,4-5,10-11H2,1-3H3. The van der Waals surface area contributed by atoms with Crippen molar-refractivity contribution in [2.24, 2.45) is 5.92 Å². The molecule has 3 unspecified atom stereocenters. The number of hydrogen-bond acceptors (Lipinski definition) is 3. The third-order valence-electron chi connectivity index (χ3n) is 3.87. The Morgan fingerprint density at radius 1 is 1.35 bits per heavy atom. The Hall–Kier alpha value is -0.870. The zero-order valence-corrected chi connectivity index (χ0v) is 13.4. The van der Waals surface area contributed by atoms with Crippen LogP contribution in [0, 0.1) is 5.92 Å². The first-order chi connectivity index (χ1) is 9.60. The van der Waals surface area contributed by atoms with Gasteiger partial charge in [-0.15, -0.1) is 0 Å². The maximum Gasteiger partial charge on any atom is 0.118 e. The highest BCUT2D eigenvalue weighted by Crippen LogP contribution is 2.41. The predicted molar refractivity (Wildman–Crippen MR) is 84.6 cm³/mol. The van der Waals surface area contributed by atoms with E-state index in [4.69, 9.17) is 4.74 Å².